The average molecular weight is 315 g/mol. The largest absolute Gasteiger partial charge is 0.481 e. The van der Waals surface area contributed by atoms with Crippen LogP contribution >= 0.6 is 0 Å². The van der Waals surface area contributed by atoms with Crippen LogP contribution in [0.5, 0.6) is 0 Å². The van der Waals surface area contributed by atoms with E-state index in [-0.39, 0.29) is 0 Å². The van der Waals surface area contributed by atoms with Crippen LogP contribution in [0.1, 0.15) is 6.42 Å². The number of sulfonamides is 1. The Hall–Kier alpha value is -1.87. The van der Waals surface area contributed by atoms with Gasteiger partial charge in [-0.3, -0.25) is 9.52 Å². The van der Waals surface area contributed by atoms with Gasteiger partial charge in [0, 0.05) is 13.1 Å². The van der Waals surface area contributed by atoms with E-state index in [1.165, 1.54) is 6.20 Å². The summed E-state index contributed by atoms with van der Waals surface area (Å²) in [4.78, 5) is 16.7. The number of nitrogens with one attached hydrogen (secondary N) is 1. The lowest BCUT2D eigenvalue weighted by molar-refractivity contribution is -0.136. The minimum absolute atomic E-state index is 0.317. The molecule has 1 aromatic rings. The number of morpholine rings is 1. The van der Waals surface area contributed by atoms with Gasteiger partial charge in [-0.15, -0.1) is 0 Å². The molecule has 1 aliphatic heterocycles. The first-order chi connectivity index (χ1) is 9.96. The van der Waals surface area contributed by atoms with E-state index >= 15 is 0 Å². The predicted molar refractivity (Wildman–Crippen MR) is 76.9 cm³/mol. The van der Waals surface area contributed by atoms with Gasteiger partial charge >= 0.3 is 5.97 Å². The third kappa shape index (κ3) is 4.87. The highest BCUT2D eigenvalue weighted by Crippen LogP contribution is 2.16. The highest BCUT2D eigenvalue weighted by atomic mass is 32.2. The van der Waals surface area contributed by atoms with Crippen LogP contribution in [-0.4, -0.2) is 56.5 Å². The molecule has 0 amide bonds. The maximum Gasteiger partial charge on any atom is 0.304 e. The summed E-state index contributed by atoms with van der Waals surface area (Å²) in [6.45, 7) is 2.78. The zero-order chi connectivity index (χ0) is 15.3. The molecule has 2 N–H and O–H groups in total. The van der Waals surface area contributed by atoms with Gasteiger partial charge in [-0.2, -0.15) is 0 Å². The molecule has 1 aromatic heterocycles. The first-order valence-corrected chi connectivity index (χ1v) is 8.12. The van der Waals surface area contributed by atoms with Gasteiger partial charge in [-0.25, -0.2) is 13.4 Å². The molecule has 1 saturated heterocycles. The van der Waals surface area contributed by atoms with E-state index in [1.54, 1.807) is 12.1 Å². The van der Waals surface area contributed by atoms with Crippen molar-refractivity contribution in [1.82, 2.24) is 4.98 Å². The first-order valence-electron chi connectivity index (χ1n) is 6.47. The van der Waals surface area contributed by atoms with Crippen LogP contribution in [0.3, 0.4) is 0 Å². The fourth-order valence-electron chi connectivity index (χ4n) is 1.88. The van der Waals surface area contributed by atoms with E-state index in [9.17, 15) is 13.2 Å². The highest BCUT2D eigenvalue weighted by Gasteiger charge is 2.15. The second-order valence-electron chi connectivity index (χ2n) is 4.57. The summed E-state index contributed by atoms with van der Waals surface area (Å²) < 4.78 is 30.9. The van der Waals surface area contributed by atoms with Crippen molar-refractivity contribution in [3.05, 3.63) is 18.3 Å². The lowest BCUT2D eigenvalue weighted by atomic mass is 10.3. The highest BCUT2D eigenvalue weighted by molar-refractivity contribution is 7.92. The van der Waals surface area contributed by atoms with E-state index in [0.717, 1.165) is 18.9 Å². The number of anilines is 2. The number of aliphatic carboxylic acids is 1. The molecule has 0 spiro atoms. The summed E-state index contributed by atoms with van der Waals surface area (Å²) in [6, 6.07) is 3.33. The van der Waals surface area contributed by atoms with Gasteiger partial charge in [0.05, 0.1) is 37.3 Å². The van der Waals surface area contributed by atoms with Crippen LogP contribution in [0.4, 0.5) is 11.5 Å². The molecule has 0 saturated carbocycles. The monoisotopic (exact) mass is 315 g/mol. The summed E-state index contributed by atoms with van der Waals surface area (Å²) in [5.41, 5.74) is 0.317. The molecule has 0 atom stereocenters. The standard InChI is InChI=1S/C12H17N3O5S/c16-12(17)3-8-21(18,19)14-10-1-2-11(13-9-10)15-4-6-20-7-5-15/h1-2,9,14H,3-8H2,(H,16,17). The second-order valence-corrected chi connectivity index (χ2v) is 6.41. The van der Waals surface area contributed by atoms with Gasteiger partial charge < -0.3 is 14.7 Å². The number of hydrogen-bond donors (Lipinski definition) is 2. The van der Waals surface area contributed by atoms with Crippen molar-refractivity contribution in [2.24, 2.45) is 0 Å². The Bertz CT molecular complexity index is 581. The minimum Gasteiger partial charge on any atom is -0.481 e. The van der Waals surface area contributed by atoms with Crippen molar-refractivity contribution in [2.75, 3.05) is 41.7 Å². The summed E-state index contributed by atoms with van der Waals surface area (Å²) in [6.07, 6.45) is 0.984. The maximum atomic E-state index is 11.7. The summed E-state index contributed by atoms with van der Waals surface area (Å²) in [5, 5.41) is 8.50. The Labute approximate surface area is 122 Å². The maximum absolute atomic E-state index is 11.7. The van der Waals surface area contributed by atoms with E-state index < -0.39 is 28.2 Å². The lowest BCUT2D eigenvalue weighted by Crippen LogP contribution is -2.36. The van der Waals surface area contributed by atoms with Crippen molar-refractivity contribution >= 4 is 27.5 Å². The number of carboxylic acids is 1. The second kappa shape index (κ2) is 6.72. The van der Waals surface area contributed by atoms with Crippen LogP contribution in [-0.2, 0) is 19.6 Å². The summed E-state index contributed by atoms with van der Waals surface area (Å²) in [7, 11) is -3.67. The molecule has 0 radical (unpaired) electrons. The molecule has 9 heteroatoms. The molecular formula is C12H17N3O5S. The summed E-state index contributed by atoms with van der Waals surface area (Å²) in [5.74, 6) is -0.860. The molecule has 1 aliphatic rings. The Morgan fingerprint density at radius 1 is 1.38 bits per heavy atom. The number of carboxylic acid groups (broad SMARTS) is 1. The van der Waals surface area contributed by atoms with Crippen LogP contribution in [0.25, 0.3) is 0 Å². The lowest BCUT2D eigenvalue weighted by Gasteiger charge is -2.27. The Morgan fingerprint density at radius 3 is 2.67 bits per heavy atom. The van der Waals surface area contributed by atoms with Crippen molar-refractivity contribution < 1.29 is 23.1 Å². The van der Waals surface area contributed by atoms with E-state index in [0.29, 0.717) is 18.9 Å². The Balaban J connectivity index is 1.97. The normalized spacial score (nSPS) is 15.7. The van der Waals surface area contributed by atoms with E-state index in [2.05, 4.69) is 9.71 Å². The third-order valence-electron chi connectivity index (χ3n) is 2.94. The zero-order valence-electron chi connectivity index (χ0n) is 11.4. The molecule has 1 fully saturated rings. The number of aromatic nitrogens is 1. The molecule has 2 heterocycles. The van der Waals surface area contributed by atoms with Gasteiger partial charge in [0.25, 0.3) is 0 Å². The first kappa shape index (κ1) is 15.5. The van der Waals surface area contributed by atoms with Crippen LogP contribution in [0.15, 0.2) is 18.3 Å². The van der Waals surface area contributed by atoms with E-state index in [4.69, 9.17) is 9.84 Å². The van der Waals surface area contributed by atoms with Crippen LogP contribution in [0, 0.1) is 0 Å². The number of pyridine rings is 1. The number of ether oxygens (including phenoxy) is 1. The van der Waals surface area contributed by atoms with Gasteiger partial charge in [0.2, 0.25) is 10.0 Å². The van der Waals surface area contributed by atoms with E-state index in [1.807, 2.05) is 4.90 Å². The van der Waals surface area contributed by atoms with Gasteiger partial charge in [-0.05, 0) is 12.1 Å². The molecule has 21 heavy (non-hydrogen) atoms. The topological polar surface area (TPSA) is 109 Å². The molecule has 116 valence electrons. The number of carbonyl (C=O) groups is 1. The SMILES string of the molecule is O=C(O)CCS(=O)(=O)Nc1ccc(N2CCOCC2)nc1. The van der Waals surface area contributed by atoms with Gasteiger partial charge in [0.15, 0.2) is 0 Å². The fraction of sp³-hybridized carbons (Fsp3) is 0.500. The smallest absolute Gasteiger partial charge is 0.304 e. The molecule has 0 unspecified atom stereocenters. The average Bonchev–Trinajstić information content (AvgIpc) is 2.47. The van der Waals surface area contributed by atoms with Crippen LogP contribution < -0.4 is 9.62 Å². The Kier molecular flexibility index (Phi) is 4.97. The third-order valence-corrected chi connectivity index (χ3v) is 4.23. The van der Waals surface area contributed by atoms with Crippen molar-refractivity contribution in [1.29, 1.82) is 0 Å². The Morgan fingerprint density at radius 2 is 2.10 bits per heavy atom. The molecule has 0 aromatic carbocycles. The van der Waals surface area contributed by atoms with Gasteiger partial charge in [-0.1, -0.05) is 0 Å². The van der Waals surface area contributed by atoms with Crippen LogP contribution in [0.2, 0.25) is 0 Å². The zero-order valence-corrected chi connectivity index (χ0v) is 12.2. The fourth-order valence-corrected chi connectivity index (χ4v) is 2.90. The minimum atomic E-state index is -3.67. The molecular weight excluding hydrogens is 298 g/mol. The predicted octanol–water partition coefficient (Wildman–Crippen LogP) is 0.135. The summed E-state index contributed by atoms with van der Waals surface area (Å²) >= 11 is 0. The van der Waals surface area contributed by atoms with Crippen molar-refractivity contribution in [2.45, 2.75) is 6.42 Å². The number of rotatable bonds is 6. The van der Waals surface area contributed by atoms with Crippen molar-refractivity contribution in [3.8, 4) is 0 Å². The quantitative estimate of drug-likeness (QED) is 0.768. The molecule has 8 nitrogen and oxygen atoms in total. The number of hydrogen-bond acceptors (Lipinski definition) is 6. The molecule has 0 aliphatic carbocycles. The van der Waals surface area contributed by atoms with Crippen molar-refractivity contribution in [3.63, 3.8) is 0 Å². The number of nitrogens with zero attached hydrogens (tertiary/aromatic N) is 2. The molecule has 2 rings (SSSR count). The van der Waals surface area contributed by atoms with Gasteiger partial charge in [0.1, 0.15) is 5.82 Å². The molecule has 0 bridgehead atoms.